The Balaban J connectivity index is 2.66. The van der Waals surface area contributed by atoms with Crippen molar-refractivity contribution in [3.05, 3.63) is 17.5 Å². The third-order valence-corrected chi connectivity index (χ3v) is 3.07. The first kappa shape index (κ1) is 9.68. The highest BCUT2D eigenvalue weighted by molar-refractivity contribution is 7.80. The van der Waals surface area contributed by atoms with Gasteiger partial charge in [-0.05, 0) is 19.1 Å². The van der Waals surface area contributed by atoms with Crippen LogP contribution in [0, 0.1) is 0 Å². The standard InChI is InChI=1S/C10H10O2S2/c1-2-12-8-5-14-9-4-6(13)3-7(11)10(8)9/h3-5,11,13H,2H2,1H3. The molecule has 0 spiro atoms. The third kappa shape index (κ3) is 1.55. The predicted octanol–water partition coefficient (Wildman–Crippen LogP) is 3.29. The van der Waals surface area contributed by atoms with Gasteiger partial charge in [0, 0.05) is 15.0 Å². The maximum Gasteiger partial charge on any atom is 0.141 e. The molecule has 0 unspecified atom stereocenters. The van der Waals surface area contributed by atoms with Gasteiger partial charge in [0.25, 0.3) is 0 Å². The van der Waals surface area contributed by atoms with Gasteiger partial charge in [0.15, 0.2) is 0 Å². The smallest absolute Gasteiger partial charge is 0.141 e. The van der Waals surface area contributed by atoms with Gasteiger partial charge in [-0.25, -0.2) is 0 Å². The van der Waals surface area contributed by atoms with E-state index in [2.05, 4.69) is 12.6 Å². The highest BCUT2D eigenvalue weighted by Crippen LogP contribution is 2.39. The first-order chi connectivity index (χ1) is 6.72. The lowest BCUT2D eigenvalue weighted by Gasteiger charge is -2.02. The quantitative estimate of drug-likeness (QED) is 0.769. The van der Waals surface area contributed by atoms with Gasteiger partial charge in [-0.3, -0.25) is 0 Å². The van der Waals surface area contributed by atoms with Gasteiger partial charge in [0.2, 0.25) is 0 Å². The number of aromatic hydroxyl groups is 1. The van der Waals surface area contributed by atoms with Crippen LogP contribution >= 0.6 is 24.0 Å². The summed E-state index contributed by atoms with van der Waals surface area (Å²) < 4.78 is 6.40. The molecule has 0 aliphatic carbocycles. The molecule has 74 valence electrons. The largest absolute Gasteiger partial charge is 0.507 e. The van der Waals surface area contributed by atoms with E-state index in [0.29, 0.717) is 6.61 Å². The molecule has 0 radical (unpaired) electrons. The Hall–Kier alpha value is -0.870. The van der Waals surface area contributed by atoms with Crippen molar-refractivity contribution in [3.8, 4) is 11.5 Å². The Labute approximate surface area is 91.5 Å². The van der Waals surface area contributed by atoms with Crippen LogP contribution in [0.15, 0.2) is 22.4 Å². The van der Waals surface area contributed by atoms with E-state index in [1.807, 2.05) is 18.4 Å². The Morgan fingerprint density at radius 3 is 3.00 bits per heavy atom. The van der Waals surface area contributed by atoms with Crippen molar-refractivity contribution in [1.29, 1.82) is 0 Å². The minimum absolute atomic E-state index is 0.234. The van der Waals surface area contributed by atoms with Crippen LogP contribution in [0.2, 0.25) is 0 Å². The molecule has 14 heavy (non-hydrogen) atoms. The van der Waals surface area contributed by atoms with Crippen molar-refractivity contribution >= 4 is 34.1 Å². The molecule has 0 aliphatic heterocycles. The molecule has 1 N–H and O–H groups in total. The Morgan fingerprint density at radius 1 is 1.50 bits per heavy atom. The van der Waals surface area contributed by atoms with Crippen LogP contribution < -0.4 is 4.74 Å². The lowest BCUT2D eigenvalue weighted by atomic mass is 10.2. The summed E-state index contributed by atoms with van der Waals surface area (Å²) in [6, 6.07) is 3.55. The molecule has 1 aromatic heterocycles. The molecule has 2 nitrogen and oxygen atoms in total. The van der Waals surface area contributed by atoms with Gasteiger partial charge < -0.3 is 9.84 Å². The average Bonchev–Trinajstić information content (AvgIpc) is 2.49. The number of benzene rings is 1. The Kier molecular flexibility index (Phi) is 2.56. The molecule has 0 bridgehead atoms. The lowest BCUT2D eigenvalue weighted by molar-refractivity contribution is 0.344. The van der Waals surface area contributed by atoms with E-state index >= 15 is 0 Å². The fraction of sp³-hybridized carbons (Fsp3) is 0.200. The predicted molar refractivity (Wildman–Crippen MR) is 61.9 cm³/mol. The molecule has 1 heterocycles. The summed E-state index contributed by atoms with van der Waals surface area (Å²) in [7, 11) is 0. The Bertz CT molecular complexity index is 462. The maximum atomic E-state index is 9.73. The molecule has 4 heteroatoms. The molecule has 0 saturated heterocycles. The van der Waals surface area contributed by atoms with Gasteiger partial charge in [-0.1, -0.05) is 0 Å². The van der Waals surface area contributed by atoms with Crippen molar-refractivity contribution < 1.29 is 9.84 Å². The molecule has 0 aliphatic rings. The highest BCUT2D eigenvalue weighted by Gasteiger charge is 2.09. The molecule has 0 fully saturated rings. The van der Waals surface area contributed by atoms with Gasteiger partial charge in [0.05, 0.1) is 12.0 Å². The molecule has 0 amide bonds. The minimum atomic E-state index is 0.234. The van der Waals surface area contributed by atoms with Gasteiger partial charge in [0.1, 0.15) is 11.5 Å². The van der Waals surface area contributed by atoms with Crippen molar-refractivity contribution in [3.63, 3.8) is 0 Å². The van der Waals surface area contributed by atoms with Crippen LogP contribution in [0.3, 0.4) is 0 Å². The fourth-order valence-electron chi connectivity index (χ4n) is 1.36. The van der Waals surface area contributed by atoms with Crippen LogP contribution in [0.1, 0.15) is 6.92 Å². The van der Waals surface area contributed by atoms with Crippen molar-refractivity contribution in [2.45, 2.75) is 11.8 Å². The number of thiol groups is 1. The highest BCUT2D eigenvalue weighted by atomic mass is 32.1. The monoisotopic (exact) mass is 226 g/mol. The zero-order chi connectivity index (χ0) is 10.1. The SMILES string of the molecule is CCOc1csc2cc(S)cc(O)c12. The number of hydrogen-bond acceptors (Lipinski definition) is 4. The summed E-state index contributed by atoms with van der Waals surface area (Å²) in [5, 5.41) is 12.4. The molecule has 1 aromatic carbocycles. The molecule has 0 saturated carbocycles. The fourth-order valence-corrected chi connectivity index (χ4v) is 2.64. The van der Waals surface area contributed by atoms with E-state index in [0.717, 1.165) is 20.7 Å². The van der Waals surface area contributed by atoms with E-state index in [1.165, 1.54) is 0 Å². The number of phenolic OH excluding ortho intramolecular Hbond substituents is 1. The summed E-state index contributed by atoms with van der Waals surface area (Å²) >= 11 is 5.75. The van der Waals surface area contributed by atoms with Crippen LogP contribution in [-0.4, -0.2) is 11.7 Å². The van der Waals surface area contributed by atoms with E-state index in [9.17, 15) is 5.11 Å². The minimum Gasteiger partial charge on any atom is -0.507 e. The summed E-state index contributed by atoms with van der Waals surface area (Å²) in [4.78, 5) is 0.764. The molecular weight excluding hydrogens is 216 g/mol. The summed E-state index contributed by atoms with van der Waals surface area (Å²) in [5.74, 6) is 0.982. The zero-order valence-electron chi connectivity index (χ0n) is 7.65. The number of ether oxygens (including phenoxy) is 1. The molecule has 2 aromatic rings. The van der Waals surface area contributed by atoms with E-state index in [-0.39, 0.29) is 5.75 Å². The third-order valence-electron chi connectivity index (χ3n) is 1.91. The average molecular weight is 226 g/mol. The van der Waals surface area contributed by atoms with Crippen LogP contribution in [-0.2, 0) is 0 Å². The van der Waals surface area contributed by atoms with Crippen LogP contribution in [0.4, 0.5) is 0 Å². The summed E-state index contributed by atoms with van der Waals surface area (Å²) in [6.07, 6.45) is 0. The van der Waals surface area contributed by atoms with Gasteiger partial charge in [-0.2, -0.15) is 0 Å². The Morgan fingerprint density at radius 2 is 2.29 bits per heavy atom. The van der Waals surface area contributed by atoms with Crippen LogP contribution in [0.25, 0.3) is 10.1 Å². The van der Waals surface area contributed by atoms with E-state index in [4.69, 9.17) is 4.74 Å². The van der Waals surface area contributed by atoms with Crippen LogP contribution in [0.5, 0.6) is 11.5 Å². The van der Waals surface area contributed by atoms with Crippen molar-refractivity contribution in [2.24, 2.45) is 0 Å². The summed E-state index contributed by atoms with van der Waals surface area (Å²) in [5.41, 5.74) is 0. The second kappa shape index (κ2) is 3.71. The number of phenols is 1. The normalized spacial score (nSPS) is 10.7. The topological polar surface area (TPSA) is 29.5 Å². The van der Waals surface area contributed by atoms with Gasteiger partial charge >= 0.3 is 0 Å². The zero-order valence-corrected chi connectivity index (χ0v) is 9.36. The maximum absolute atomic E-state index is 9.73. The van der Waals surface area contributed by atoms with Crippen molar-refractivity contribution in [2.75, 3.05) is 6.61 Å². The second-order valence-corrected chi connectivity index (χ2v) is 4.30. The first-order valence-electron chi connectivity index (χ1n) is 4.28. The molecule has 2 rings (SSSR count). The summed E-state index contributed by atoms with van der Waals surface area (Å²) in [6.45, 7) is 2.53. The number of rotatable bonds is 2. The number of hydrogen-bond donors (Lipinski definition) is 2. The van der Waals surface area contributed by atoms with Gasteiger partial charge in [-0.15, -0.1) is 24.0 Å². The molecular formula is C10H10O2S2. The lowest BCUT2D eigenvalue weighted by Crippen LogP contribution is -1.89. The molecule has 0 atom stereocenters. The van der Waals surface area contributed by atoms with E-state index < -0.39 is 0 Å². The number of fused-ring (bicyclic) bond motifs is 1. The first-order valence-corrected chi connectivity index (χ1v) is 5.61. The van der Waals surface area contributed by atoms with Crippen molar-refractivity contribution in [1.82, 2.24) is 0 Å². The van der Waals surface area contributed by atoms with E-state index in [1.54, 1.807) is 17.4 Å². The number of thiophene rings is 1. The second-order valence-electron chi connectivity index (χ2n) is 2.87.